The Morgan fingerprint density at radius 1 is 1.16 bits per heavy atom. The Balaban J connectivity index is 1.71. The molecule has 0 saturated carbocycles. The van der Waals surface area contributed by atoms with Crippen molar-refractivity contribution < 1.29 is 28.2 Å². The number of primary amides is 1. The van der Waals surface area contributed by atoms with Gasteiger partial charge in [-0.2, -0.15) is 4.98 Å². The Hall–Kier alpha value is -4.03. The van der Waals surface area contributed by atoms with Crippen molar-refractivity contribution in [1.29, 1.82) is 0 Å². The van der Waals surface area contributed by atoms with Gasteiger partial charge >= 0.3 is 6.03 Å². The molecule has 194 valence electrons. The van der Waals surface area contributed by atoms with Crippen molar-refractivity contribution in [1.82, 2.24) is 9.55 Å². The van der Waals surface area contributed by atoms with Crippen LogP contribution in [0.4, 0.5) is 25.0 Å². The average Bonchev–Trinajstić information content (AvgIpc) is 3.19. The summed E-state index contributed by atoms with van der Waals surface area (Å²) in [4.78, 5) is 44.4. The van der Waals surface area contributed by atoms with Gasteiger partial charge in [0.2, 0.25) is 5.88 Å². The van der Waals surface area contributed by atoms with Gasteiger partial charge in [0.15, 0.2) is 5.02 Å². The lowest BCUT2D eigenvalue weighted by molar-refractivity contribution is -0.133. The molecule has 3 amide bonds. The Morgan fingerprint density at radius 2 is 1.86 bits per heavy atom. The SMILES string of the molecule is Cc1nc(OCc2ccc(F)cc2F)c(Cl)c(=O)n1-c1ccc2c(c1)N(C(N)=O)CN2C(=O)C(C)(C)O. The molecule has 2 heterocycles. The molecule has 37 heavy (non-hydrogen) atoms. The summed E-state index contributed by atoms with van der Waals surface area (Å²) in [6, 6.07) is 6.59. The number of rotatable bonds is 5. The number of fused-ring (bicyclic) bond motifs is 1. The second-order valence-electron chi connectivity index (χ2n) is 8.82. The number of aromatic nitrogens is 2. The van der Waals surface area contributed by atoms with Crippen LogP contribution in [0.1, 0.15) is 25.2 Å². The maximum Gasteiger partial charge on any atom is 0.320 e. The van der Waals surface area contributed by atoms with Gasteiger partial charge in [-0.25, -0.2) is 13.6 Å². The van der Waals surface area contributed by atoms with E-state index in [9.17, 15) is 28.3 Å². The third-order valence-electron chi connectivity index (χ3n) is 5.66. The van der Waals surface area contributed by atoms with Crippen LogP contribution in [-0.4, -0.2) is 38.9 Å². The molecule has 4 rings (SSSR count). The highest BCUT2D eigenvalue weighted by Crippen LogP contribution is 2.38. The predicted octanol–water partition coefficient (Wildman–Crippen LogP) is 3.01. The molecule has 0 fully saturated rings. The van der Waals surface area contributed by atoms with Crippen LogP contribution in [-0.2, 0) is 11.4 Å². The highest BCUT2D eigenvalue weighted by molar-refractivity contribution is 6.31. The first kappa shape index (κ1) is 26.0. The molecule has 10 nitrogen and oxygen atoms in total. The van der Waals surface area contributed by atoms with Crippen LogP contribution >= 0.6 is 11.6 Å². The number of aliphatic hydroxyl groups is 1. The number of aryl methyl sites for hydroxylation is 1. The van der Waals surface area contributed by atoms with Crippen LogP contribution in [0.3, 0.4) is 0 Å². The normalized spacial score (nSPS) is 13.1. The molecule has 2 aromatic carbocycles. The topological polar surface area (TPSA) is 131 Å². The lowest BCUT2D eigenvalue weighted by Gasteiger charge is -2.25. The smallest absolute Gasteiger partial charge is 0.320 e. The third kappa shape index (κ3) is 4.85. The molecule has 3 aromatic rings. The number of benzene rings is 2. The lowest BCUT2D eigenvalue weighted by Crippen LogP contribution is -2.48. The van der Waals surface area contributed by atoms with Crippen LogP contribution < -0.4 is 25.8 Å². The zero-order valence-electron chi connectivity index (χ0n) is 20.0. The van der Waals surface area contributed by atoms with Crippen molar-refractivity contribution in [2.24, 2.45) is 5.73 Å². The first-order valence-electron chi connectivity index (χ1n) is 10.9. The number of hydrogen-bond acceptors (Lipinski definition) is 6. The molecule has 13 heteroatoms. The van der Waals surface area contributed by atoms with Gasteiger partial charge in [0.1, 0.15) is 36.3 Å². The predicted molar refractivity (Wildman–Crippen MR) is 131 cm³/mol. The minimum atomic E-state index is -1.71. The van der Waals surface area contributed by atoms with Crippen LogP contribution in [0.15, 0.2) is 41.2 Å². The second kappa shape index (κ2) is 9.45. The highest BCUT2D eigenvalue weighted by Gasteiger charge is 2.38. The average molecular weight is 534 g/mol. The molecule has 0 radical (unpaired) electrons. The summed E-state index contributed by atoms with van der Waals surface area (Å²) in [5, 5.41) is 9.77. The number of amides is 3. The van der Waals surface area contributed by atoms with Crippen molar-refractivity contribution in [2.75, 3.05) is 16.5 Å². The molecule has 1 aromatic heterocycles. The van der Waals surface area contributed by atoms with Gasteiger partial charge in [0, 0.05) is 11.6 Å². The number of hydrogen-bond donors (Lipinski definition) is 2. The van der Waals surface area contributed by atoms with Gasteiger partial charge in [-0.05, 0) is 51.1 Å². The van der Waals surface area contributed by atoms with E-state index in [2.05, 4.69) is 4.98 Å². The Bertz CT molecular complexity index is 1490. The van der Waals surface area contributed by atoms with E-state index >= 15 is 0 Å². The van der Waals surface area contributed by atoms with Crippen molar-refractivity contribution >= 4 is 34.9 Å². The maximum atomic E-state index is 13.9. The minimum absolute atomic E-state index is 0.0384. The van der Waals surface area contributed by atoms with Gasteiger partial charge in [0.25, 0.3) is 11.5 Å². The molecule has 1 aliphatic rings. The lowest BCUT2D eigenvalue weighted by atomic mass is 10.1. The zero-order chi connectivity index (χ0) is 27.2. The molecule has 0 unspecified atom stereocenters. The van der Waals surface area contributed by atoms with Crippen molar-refractivity contribution in [3.63, 3.8) is 0 Å². The summed E-state index contributed by atoms with van der Waals surface area (Å²) < 4.78 is 33.7. The largest absolute Gasteiger partial charge is 0.471 e. The summed E-state index contributed by atoms with van der Waals surface area (Å²) in [5.41, 5.74) is 3.92. The second-order valence-corrected chi connectivity index (χ2v) is 9.19. The van der Waals surface area contributed by atoms with Crippen molar-refractivity contribution in [3.05, 3.63) is 74.8 Å². The van der Waals surface area contributed by atoms with Crippen molar-refractivity contribution in [3.8, 4) is 11.6 Å². The van der Waals surface area contributed by atoms with Gasteiger partial charge in [-0.1, -0.05) is 11.6 Å². The first-order chi connectivity index (χ1) is 17.3. The van der Waals surface area contributed by atoms with E-state index in [1.807, 2.05) is 0 Å². The fraction of sp³-hybridized carbons (Fsp3) is 0.250. The monoisotopic (exact) mass is 533 g/mol. The van der Waals surface area contributed by atoms with Crippen LogP contribution in [0, 0.1) is 18.6 Å². The van der Waals surface area contributed by atoms with Crippen molar-refractivity contribution in [2.45, 2.75) is 33.0 Å². The molecule has 0 spiro atoms. The summed E-state index contributed by atoms with van der Waals surface area (Å²) in [5.74, 6) is -2.31. The van der Waals surface area contributed by atoms with E-state index in [-0.39, 0.29) is 46.9 Å². The van der Waals surface area contributed by atoms with E-state index in [0.717, 1.165) is 15.5 Å². The highest BCUT2D eigenvalue weighted by atomic mass is 35.5. The van der Waals surface area contributed by atoms with Gasteiger partial charge in [-0.15, -0.1) is 0 Å². The third-order valence-corrected chi connectivity index (χ3v) is 5.98. The molecule has 0 bridgehead atoms. The fourth-order valence-electron chi connectivity index (χ4n) is 3.85. The molecule has 0 saturated heterocycles. The number of urea groups is 1. The number of ether oxygens (including phenoxy) is 1. The zero-order valence-corrected chi connectivity index (χ0v) is 20.7. The standard InChI is InChI=1S/C24H22ClF2N5O5/c1-12-29-20(37-10-13-4-5-14(26)8-16(13)27)19(25)21(33)32(12)15-6-7-17-18(9-15)31(23(28)35)11-30(17)22(34)24(2,3)36/h4-9,36H,10-11H2,1-3H3,(H2,28,35). The number of carbonyl (C=O) groups is 2. The molecule has 3 N–H and O–H groups in total. The Kier molecular flexibility index (Phi) is 6.65. The molecule has 1 aliphatic heterocycles. The molecule has 0 aliphatic carbocycles. The number of carbonyl (C=O) groups excluding carboxylic acids is 2. The van der Waals surface area contributed by atoms with Crippen LogP contribution in [0.25, 0.3) is 5.69 Å². The number of anilines is 2. The number of nitrogens with two attached hydrogens (primary N) is 1. The van der Waals surface area contributed by atoms with Gasteiger partial charge < -0.3 is 15.6 Å². The summed E-state index contributed by atoms with van der Waals surface area (Å²) in [7, 11) is 0. The van der Waals surface area contributed by atoms with E-state index < -0.39 is 34.7 Å². The summed E-state index contributed by atoms with van der Waals surface area (Å²) >= 11 is 6.22. The minimum Gasteiger partial charge on any atom is -0.471 e. The number of halogens is 3. The van der Waals surface area contributed by atoms with Gasteiger partial charge in [-0.3, -0.25) is 24.0 Å². The summed E-state index contributed by atoms with van der Waals surface area (Å²) in [6.45, 7) is 3.57. The molecular weight excluding hydrogens is 512 g/mol. The fourth-order valence-corrected chi connectivity index (χ4v) is 4.03. The molecular formula is C24H22ClF2N5O5. The van der Waals surface area contributed by atoms with E-state index in [1.165, 1.54) is 49.9 Å². The Labute approximate surface area is 214 Å². The van der Waals surface area contributed by atoms with Gasteiger partial charge in [0.05, 0.1) is 17.1 Å². The van der Waals surface area contributed by atoms with Crippen LogP contribution in [0.2, 0.25) is 5.02 Å². The Morgan fingerprint density at radius 3 is 2.49 bits per heavy atom. The quantitative estimate of drug-likeness (QED) is 0.518. The maximum absolute atomic E-state index is 13.9. The van der Waals surface area contributed by atoms with Crippen LogP contribution in [0.5, 0.6) is 5.88 Å². The van der Waals surface area contributed by atoms with E-state index in [1.54, 1.807) is 0 Å². The van der Waals surface area contributed by atoms with E-state index in [4.69, 9.17) is 22.1 Å². The number of nitrogens with zero attached hydrogens (tertiary/aromatic N) is 4. The molecule has 0 atom stereocenters. The first-order valence-corrected chi connectivity index (χ1v) is 11.3. The summed E-state index contributed by atoms with van der Waals surface area (Å²) in [6.07, 6.45) is 0. The van der Waals surface area contributed by atoms with E-state index in [0.29, 0.717) is 11.8 Å².